The molecule has 0 aliphatic heterocycles. The number of allylic oxidation sites excluding steroid dienone is 1. The van der Waals surface area contributed by atoms with Gasteiger partial charge in [0, 0.05) is 5.39 Å². The predicted octanol–water partition coefficient (Wildman–Crippen LogP) is 5.24. The summed E-state index contributed by atoms with van der Waals surface area (Å²) >= 11 is 0. The molecule has 5 rings (SSSR count). The number of fused-ring (bicyclic) bond motifs is 1. The Morgan fingerprint density at radius 2 is 1.64 bits per heavy atom. The summed E-state index contributed by atoms with van der Waals surface area (Å²) in [6.07, 6.45) is 7.23. The standard InChI is InChI=1S/C13H10.C7H5NO/c1-4-10-6-2-8-12-9-3-7-11(5-1)13(10)12;1-2-4-7-6(3-1)5-8-9-7/h1-8H,9H2;1-5H. The van der Waals surface area contributed by atoms with Crippen molar-refractivity contribution in [2.24, 2.45) is 0 Å². The van der Waals surface area contributed by atoms with Crippen LogP contribution in [0.15, 0.2) is 77.5 Å². The molecule has 0 atom stereocenters. The van der Waals surface area contributed by atoms with Crippen molar-refractivity contribution in [3.63, 3.8) is 0 Å². The van der Waals surface area contributed by atoms with Gasteiger partial charge in [-0.1, -0.05) is 65.8 Å². The number of nitrogens with zero attached hydrogens (tertiary/aromatic N) is 1. The van der Waals surface area contributed by atoms with Crippen molar-refractivity contribution in [1.29, 1.82) is 0 Å². The van der Waals surface area contributed by atoms with Crippen LogP contribution in [0.25, 0.3) is 27.8 Å². The topological polar surface area (TPSA) is 26.0 Å². The van der Waals surface area contributed by atoms with Gasteiger partial charge in [-0.2, -0.15) is 0 Å². The Bertz CT molecular complexity index is 930. The van der Waals surface area contributed by atoms with Crippen molar-refractivity contribution in [2.45, 2.75) is 6.42 Å². The lowest BCUT2D eigenvalue weighted by atomic mass is 9.93. The zero-order valence-corrected chi connectivity index (χ0v) is 12.1. The summed E-state index contributed by atoms with van der Waals surface area (Å²) in [6, 6.07) is 20.8. The lowest BCUT2D eigenvalue weighted by molar-refractivity contribution is 0.456. The molecule has 2 heteroatoms. The van der Waals surface area contributed by atoms with E-state index < -0.39 is 0 Å². The maximum Gasteiger partial charge on any atom is 0.166 e. The average Bonchev–Trinajstić information content (AvgIpc) is 3.05. The molecule has 0 amide bonds. The first kappa shape index (κ1) is 12.8. The fraction of sp³-hybridized carbons (Fsp3) is 0.0500. The van der Waals surface area contributed by atoms with Crippen LogP contribution in [-0.2, 0) is 6.42 Å². The van der Waals surface area contributed by atoms with Crippen molar-refractivity contribution in [1.82, 2.24) is 5.16 Å². The summed E-state index contributed by atoms with van der Waals surface area (Å²) in [4.78, 5) is 0. The Balaban J connectivity index is 0.000000122. The molecular formula is C20H15NO. The second kappa shape index (κ2) is 5.49. The lowest BCUT2D eigenvalue weighted by Crippen LogP contribution is -1.91. The van der Waals surface area contributed by atoms with E-state index in [9.17, 15) is 0 Å². The van der Waals surface area contributed by atoms with Gasteiger partial charge >= 0.3 is 0 Å². The number of hydrogen-bond acceptors (Lipinski definition) is 2. The normalized spacial score (nSPS) is 12.2. The van der Waals surface area contributed by atoms with E-state index in [0.29, 0.717) is 0 Å². The predicted molar refractivity (Wildman–Crippen MR) is 90.7 cm³/mol. The van der Waals surface area contributed by atoms with E-state index in [2.05, 4.69) is 53.7 Å². The molecule has 1 aliphatic carbocycles. The highest BCUT2D eigenvalue weighted by Gasteiger charge is 2.06. The van der Waals surface area contributed by atoms with Crippen molar-refractivity contribution in [2.75, 3.05) is 0 Å². The van der Waals surface area contributed by atoms with Gasteiger partial charge in [-0.25, -0.2) is 0 Å². The van der Waals surface area contributed by atoms with Crippen LogP contribution in [0.3, 0.4) is 0 Å². The van der Waals surface area contributed by atoms with Gasteiger partial charge in [0.15, 0.2) is 5.58 Å². The second-order valence-corrected chi connectivity index (χ2v) is 5.33. The highest BCUT2D eigenvalue weighted by molar-refractivity contribution is 5.94. The van der Waals surface area contributed by atoms with Crippen molar-refractivity contribution >= 4 is 27.8 Å². The van der Waals surface area contributed by atoms with E-state index in [0.717, 1.165) is 17.4 Å². The molecule has 2 nitrogen and oxygen atoms in total. The van der Waals surface area contributed by atoms with Crippen LogP contribution >= 0.6 is 0 Å². The SMILES string of the molecule is C1=Cc2cccc3cccc(c23)C1.c1ccc2oncc2c1. The van der Waals surface area contributed by atoms with Gasteiger partial charge in [0.25, 0.3) is 0 Å². The maximum absolute atomic E-state index is 4.87. The summed E-state index contributed by atoms with van der Waals surface area (Å²) in [5.74, 6) is 0. The first-order chi connectivity index (χ1) is 10.9. The number of rotatable bonds is 0. The third kappa shape index (κ3) is 2.29. The summed E-state index contributed by atoms with van der Waals surface area (Å²) in [5, 5.41) is 7.48. The van der Waals surface area contributed by atoms with Gasteiger partial charge in [-0.05, 0) is 40.5 Å². The molecule has 0 radical (unpaired) electrons. The Kier molecular flexibility index (Phi) is 3.20. The van der Waals surface area contributed by atoms with Crippen LogP contribution in [0.5, 0.6) is 0 Å². The molecule has 1 aromatic heterocycles. The Hall–Kier alpha value is -2.87. The fourth-order valence-electron chi connectivity index (χ4n) is 2.88. The van der Waals surface area contributed by atoms with Crippen LogP contribution in [0, 0.1) is 0 Å². The molecule has 1 heterocycles. The second-order valence-electron chi connectivity index (χ2n) is 5.33. The van der Waals surface area contributed by atoms with E-state index in [1.54, 1.807) is 6.20 Å². The molecule has 0 saturated carbocycles. The average molecular weight is 285 g/mol. The third-order valence-electron chi connectivity index (χ3n) is 3.92. The zero-order chi connectivity index (χ0) is 14.8. The van der Waals surface area contributed by atoms with Gasteiger partial charge in [-0.3, -0.25) is 0 Å². The lowest BCUT2D eigenvalue weighted by Gasteiger charge is -2.11. The first-order valence-electron chi connectivity index (χ1n) is 7.38. The Labute approximate surface area is 128 Å². The minimum Gasteiger partial charge on any atom is -0.356 e. The van der Waals surface area contributed by atoms with Crippen molar-refractivity contribution in [3.8, 4) is 0 Å². The molecule has 0 spiro atoms. The molecule has 0 N–H and O–H groups in total. The van der Waals surface area contributed by atoms with Gasteiger partial charge < -0.3 is 4.52 Å². The Morgan fingerprint density at radius 1 is 0.818 bits per heavy atom. The van der Waals surface area contributed by atoms with Gasteiger partial charge in [0.2, 0.25) is 0 Å². The van der Waals surface area contributed by atoms with Crippen molar-refractivity contribution in [3.05, 3.63) is 84.1 Å². The molecule has 22 heavy (non-hydrogen) atoms. The molecule has 0 fully saturated rings. The summed E-state index contributed by atoms with van der Waals surface area (Å²) in [7, 11) is 0. The van der Waals surface area contributed by atoms with Crippen LogP contribution in [0.1, 0.15) is 11.1 Å². The smallest absolute Gasteiger partial charge is 0.166 e. The highest BCUT2D eigenvalue weighted by Crippen LogP contribution is 2.27. The third-order valence-corrected chi connectivity index (χ3v) is 3.92. The summed E-state index contributed by atoms with van der Waals surface area (Å²) in [5.41, 5.74) is 3.66. The molecule has 106 valence electrons. The largest absolute Gasteiger partial charge is 0.356 e. The molecule has 1 aliphatic rings. The fourth-order valence-corrected chi connectivity index (χ4v) is 2.88. The van der Waals surface area contributed by atoms with Gasteiger partial charge in [0.05, 0.1) is 6.20 Å². The van der Waals surface area contributed by atoms with Crippen LogP contribution in [0.2, 0.25) is 0 Å². The molecule has 0 bridgehead atoms. The number of benzene rings is 3. The minimum absolute atomic E-state index is 0.845. The van der Waals surface area contributed by atoms with E-state index in [1.807, 2.05) is 24.3 Å². The number of hydrogen-bond donors (Lipinski definition) is 0. The van der Waals surface area contributed by atoms with Gasteiger partial charge in [0.1, 0.15) is 0 Å². The summed E-state index contributed by atoms with van der Waals surface area (Å²) in [6.45, 7) is 0. The molecule has 0 unspecified atom stereocenters. The number of aromatic nitrogens is 1. The molecule has 4 aromatic rings. The van der Waals surface area contributed by atoms with Crippen LogP contribution < -0.4 is 0 Å². The minimum atomic E-state index is 0.845. The zero-order valence-electron chi connectivity index (χ0n) is 12.1. The quantitative estimate of drug-likeness (QED) is 0.442. The number of para-hydroxylation sites is 1. The monoisotopic (exact) mass is 285 g/mol. The first-order valence-corrected chi connectivity index (χ1v) is 7.38. The molecular weight excluding hydrogens is 270 g/mol. The van der Waals surface area contributed by atoms with E-state index in [-0.39, 0.29) is 0 Å². The van der Waals surface area contributed by atoms with Crippen LogP contribution in [-0.4, -0.2) is 5.16 Å². The Morgan fingerprint density at radius 3 is 2.55 bits per heavy atom. The van der Waals surface area contributed by atoms with E-state index in [4.69, 9.17) is 4.52 Å². The molecule has 3 aromatic carbocycles. The summed E-state index contributed by atoms with van der Waals surface area (Å²) < 4.78 is 4.87. The van der Waals surface area contributed by atoms with E-state index in [1.165, 1.54) is 21.9 Å². The molecule has 0 saturated heterocycles. The maximum atomic E-state index is 4.87. The van der Waals surface area contributed by atoms with Gasteiger partial charge in [-0.15, -0.1) is 0 Å². The van der Waals surface area contributed by atoms with Crippen LogP contribution in [0.4, 0.5) is 0 Å². The van der Waals surface area contributed by atoms with Crippen molar-refractivity contribution < 1.29 is 4.52 Å². The highest BCUT2D eigenvalue weighted by atomic mass is 16.5. The van der Waals surface area contributed by atoms with E-state index >= 15 is 0 Å².